The van der Waals surface area contributed by atoms with E-state index in [4.69, 9.17) is 9.97 Å². The van der Waals surface area contributed by atoms with Crippen LogP contribution in [0.15, 0.2) is 85.2 Å². The molecule has 0 radical (unpaired) electrons. The van der Waals surface area contributed by atoms with E-state index in [1.54, 1.807) is 0 Å². The molecule has 4 heteroatoms. The first kappa shape index (κ1) is 17.8. The number of pyridine rings is 3. The van der Waals surface area contributed by atoms with Crippen molar-refractivity contribution in [3.63, 3.8) is 0 Å². The molecular weight excluding hydrogens is 428 g/mol. The van der Waals surface area contributed by atoms with Crippen LogP contribution in [0.4, 0.5) is 0 Å². The number of rotatable bonds is 0. The molecule has 35 heavy (non-hydrogen) atoms. The highest BCUT2D eigenvalue weighted by Gasteiger charge is 2.26. The molecule has 0 saturated heterocycles. The molecule has 162 valence electrons. The number of fused-ring (bicyclic) bond motifs is 14. The van der Waals surface area contributed by atoms with Gasteiger partial charge in [0.1, 0.15) is 16.8 Å². The van der Waals surface area contributed by atoms with Gasteiger partial charge in [-0.25, -0.2) is 15.0 Å². The molecule has 4 aromatic heterocycles. The quantitative estimate of drug-likeness (QED) is 0.243. The number of imidazole rings is 1. The lowest BCUT2D eigenvalue weighted by Gasteiger charge is -2.11. The number of benzene rings is 3. The van der Waals surface area contributed by atoms with E-state index in [9.17, 15) is 0 Å². The molecular formula is C31H18N4. The van der Waals surface area contributed by atoms with E-state index in [0.29, 0.717) is 0 Å². The van der Waals surface area contributed by atoms with E-state index in [2.05, 4.69) is 64.0 Å². The van der Waals surface area contributed by atoms with Gasteiger partial charge in [0.15, 0.2) is 5.65 Å². The molecule has 0 fully saturated rings. The van der Waals surface area contributed by atoms with Gasteiger partial charge in [-0.3, -0.25) is 4.40 Å². The maximum Gasteiger partial charge on any atom is 0.166 e. The van der Waals surface area contributed by atoms with E-state index >= 15 is 0 Å². The number of nitrogens with zero attached hydrogens (tertiary/aromatic N) is 4. The van der Waals surface area contributed by atoms with Crippen LogP contribution in [0.2, 0.25) is 0 Å². The number of hydrogen-bond acceptors (Lipinski definition) is 3. The van der Waals surface area contributed by atoms with Crippen LogP contribution in [-0.2, 0) is 12.8 Å². The van der Waals surface area contributed by atoms with E-state index < -0.39 is 0 Å². The summed E-state index contributed by atoms with van der Waals surface area (Å²) in [5.74, 6) is 0. The molecule has 0 atom stereocenters. The highest BCUT2D eigenvalue weighted by atomic mass is 15.1. The van der Waals surface area contributed by atoms with Gasteiger partial charge in [-0.2, -0.15) is 0 Å². The van der Waals surface area contributed by atoms with Gasteiger partial charge in [0.25, 0.3) is 0 Å². The Bertz CT molecular complexity index is 2070. The van der Waals surface area contributed by atoms with Crippen LogP contribution in [0.25, 0.3) is 60.9 Å². The Kier molecular flexibility index (Phi) is 3.11. The minimum atomic E-state index is 0.851. The molecule has 2 aliphatic carbocycles. The van der Waals surface area contributed by atoms with Gasteiger partial charge in [0.05, 0.1) is 0 Å². The van der Waals surface area contributed by atoms with E-state index in [0.717, 1.165) is 46.1 Å². The lowest BCUT2D eigenvalue weighted by atomic mass is 9.97. The van der Waals surface area contributed by atoms with Crippen LogP contribution in [0.5, 0.6) is 0 Å². The molecule has 9 rings (SSSR count). The molecule has 0 N–H and O–H groups in total. The van der Waals surface area contributed by atoms with Crippen molar-refractivity contribution in [3.05, 3.63) is 107 Å². The summed E-state index contributed by atoms with van der Waals surface area (Å²) in [6, 6.07) is 26.6. The maximum absolute atomic E-state index is 5.02. The van der Waals surface area contributed by atoms with Gasteiger partial charge >= 0.3 is 0 Å². The average molecular weight is 447 g/mol. The average Bonchev–Trinajstić information content (AvgIpc) is 3.57. The summed E-state index contributed by atoms with van der Waals surface area (Å²) in [7, 11) is 0. The molecule has 0 spiro atoms. The van der Waals surface area contributed by atoms with E-state index in [1.165, 1.54) is 49.9 Å². The molecule has 0 amide bonds. The summed E-state index contributed by atoms with van der Waals surface area (Å²) in [4.78, 5) is 14.4. The zero-order chi connectivity index (χ0) is 22.7. The van der Waals surface area contributed by atoms with Crippen molar-refractivity contribution < 1.29 is 0 Å². The molecule has 4 heterocycles. The van der Waals surface area contributed by atoms with Crippen molar-refractivity contribution >= 4 is 38.6 Å². The fourth-order valence-electron chi connectivity index (χ4n) is 6.36. The standard InChI is InChI=1S/C31H18N4/c1-2-6-21-17(5-1)11-18-14-24-19(13-23(18)21)12-20-15-26-22-7-3-9-32-29(22)35-30(27(26)16-25(20)24)34-28-8-4-10-33-31(28)35/h1-10,13-16H,11-12H2. The summed E-state index contributed by atoms with van der Waals surface area (Å²) in [6.07, 6.45) is 5.65. The SMILES string of the molecule is c1ccc2c(c1)Cc1cc3c(cc1-2)Cc1cc2c4cccnc4n4c5ncccc5nc4c2cc1-3. The largest absolute Gasteiger partial charge is 0.260 e. The van der Waals surface area contributed by atoms with Crippen molar-refractivity contribution in [1.29, 1.82) is 0 Å². The lowest BCUT2D eigenvalue weighted by molar-refractivity contribution is 1.19. The summed E-state index contributed by atoms with van der Waals surface area (Å²) >= 11 is 0. The van der Waals surface area contributed by atoms with Crippen LogP contribution in [0.3, 0.4) is 0 Å². The van der Waals surface area contributed by atoms with Crippen molar-refractivity contribution in [3.8, 4) is 22.3 Å². The third-order valence-corrected chi connectivity index (χ3v) is 7.88. The third-order valence-electron chi connectivity index (χ3n) is 7.88. The van der Waals surface area contributed by atoms with E-state index in [1.807, 2.05) is 30.6 Å². The lowest BCUT2D eigenvalue weighted by Crippen LogP contribution is -1.95. The first-order valence-corrected chi connectivity index (χ1v) is 12.0. The van der Waals surface area contributed by atoms with Gasteiger partial charge in [-0.05, 0) is 111 Å². The van der Waals surface area contributed by atoms with Crippen molar-refractivity contribution in [2.75, 3.05) is 0 Å². The van der Waals surface area contributed by atoms with Gasteiger partial charge in [0, 0.05) is 23.2 Å². The van der Waals surface area contributed by atoms with Crippen molar-refractivity contribution in [2.24, 2.45) is 0 Å². The highest BCUT2D eigenvalue weighted by molar-refractivity contribution is 6.14. The molecule has 0 aliphatic heterocycles. The maximum atomic E-state index is 5.02. The normalized spacial score (nSPS) is 13.5. The zero-order valence-electron chi connectivity index (χ0n) is 18.8. The summed E-state index contributed by atoms with van der Waals surface area (Å²) in [6.45, 7) is 0. The summed E-state index contributed by atoms with van der Waals surface area (Å²) in [5, 5.41) is 3.49. The van der Waals surface area contributed by atoms with Gasteiger partial charge in [0.2, 0.25) is 0 Å². The number of aromatic nitrogens is 4. The monoisotopic (exact) mass is 446 g/mol. The van der Waals surface area contributed by atoms with Gasteiger partial charge in [-0.15, -0.1) is 0 Å². The van der Waals surface area contributed by atoms with Gasteiger partial charge < -0.3 is 0 Å². The first-order valence-electron chi connectivity index (χ1n) is 12.0. The minimum Gasteiger partial charge on any atom is -0.260 e. The summed E-state index contributed by atoms with van der Waals surface area (Å²) < 4.78 is 2.12. The van der Waals surface area contributed by atoms with Crippen LogP contribution >= 0.6 is 0 Å². The first-order chi connectivity index (χ1) is 17.3. The van der Waals surface area contributed by atoms with Crippen LogP contribution in [-0.4, -0.2) is 19.4 Å². The molecule has 7 aromatic rings. The van der Waals surface area contributed by atoms with Crippen LogP contribution < -0.4 is 0 Å². The predicted octanol–water partition coefficient (Wildman–Crippen LogP) is 6.73. The molecule has 3 aromatic carbocycles. The highest BCUT2D eigenvalue weighted by Crippen LogP contribution is 2.46. The third kappa shape index (κ3) is 2.20. The molecule has 0 saturated carbocycles. The zero-order valence-corrected chi connectivity index (χ0v) is 18.8. The van der Waals surface area contributed by atoms with Crippen molar-refractivity contribution in [1.82, 2.24) is 19.4 Å². The Morgan fingerprint density at radius 2 is 1.23 bits per heavy atom. The topological polar surface area (TPSA) is 43.1 Å². The Morgan fingerprint density at radius 1 is 0.514 bits per heavy atom. The van der Waals surface area contributed by atoms with E-state index in [-0.39, 0.29) is 0 Å². The Morgan fingerprint density at radius 3 is 2.14 bits per heavy atom. The Hall–Kier alpha value is -4.57. The molecule has 0 unspecified atom stereocenters. The second-order valence-electron chi connectivity index (χ2n) is 9.72. The number of hydrogen-bond donors (Lipinski definition) is 0. The minimum absolute atomic E-state index is 0.851. The second-order valence-corrected chi connectivity index (χ2v) is 9.72. The summed E-state index contributed by atoms with van der Waals surface area (Å²) in [5.41, 5.74) is 14.7. The fraction of sp³-hybridized carbons (Fsp3) is 0.0645. The predicted molar refractivity (Wildman–Crippen MR) is 140 cm³/mol. The molecule has 2 aliphatic rings. The molecule has 4 nitrogen and oxygen atoms in total. The van der Waals surface area contributed by atoms with Crippen molar-refractivity contribution in [2.45, 2.75) is 12.8 Å². The van der Waals surface area contributed by atoms with Gasteiger partial charge in [-0.1, -0.05) is 24.3 Å². The fourth-order valence-corrected chi connectivity index (χ4v) is 6.36. The Labute approximate surface area is 200 Å². The molecule has 0 bridgehead atoms. The Balaban J connectivity index is 1.37. The van der Waals surface area contributed by atoms with Crippen LogP contribution in [0.1, 0.15) is 22.3 Å². The second kappa shape index (κ2) is 6.10. The smallest absolute Gasteiger partial charge is 0.166 e. The van der Waals surface area contributed by atoms with Crippen LogP contribution in [0, 0.1) is 0 Å².